The van der Waals surface area contributed by atoms with Crippen molar-refractivity contribution in [2.24, 2.45) is 5.41 Å². The minimum Gasteiger partial charge on any atom is -0.466 e. The third-order valence-corrected chi connectivity index (χ3v) is 8.17. The number of benzene rings is 2. The van der Waals surface area contributed by atoms with Crippen molar-refractivity contribution in [3.05, 3.63) is 77.5 Å². The molecular formula is C28H28F3N3O5S. The lowest BCUT2D eigenvalue weighted by Crippen LogP contribution is -2.53. The summed E-state index contributed by atoms with van der Waals surface area (Å²) >= 11 is 0. The van der Waals surface area contributed by atoms with Crippen LogP contribution in [-0.2, 0) is 25.7 Å². The van der Waals surface area contributed by atoms with Crippen molar-refractivity contribution in [3.8, 4) is 11.3 Å². The molecular weight excluding hydrogens is 547 g/mol. The summed E-state index contributed by atoms with van der Waals surface area (Å²) in [4.78, 5) is 31.1. The highest BCUT2D eigenvalue weighted by Gasteiger charge is 2.41. The molecule has 0 spiro atoms. The summed E-state index contributed by atoms with van der Waals surface area (Å²) < 4.78 is 74.1. The number of carbonyl (C=O) groups excluding carboxylic acids is 2. The van der Waals surface area contributed by atoms with E-state index in [-0.39, 0.29) is 24.4 Å². The summed E-state index contributed by atoms with van der Waals surface area (Å²) in [6, 6.07) is 13.3. The number of carbonyl (C=O) groups is 2. The summed E-state index contributed by atoms with van der Waals surface area (Å²) in [6.45, 7) is 5.94. The topological polar surface area (TPSA) is 96.9 Å². The molecule has 0 aliphatic carbocycles. The Morgan fingerprint density at radius 1 is 1.05 bits per heavy atom. The van der Waals surface area contributed by atoms with Gasteiger partial charge in [-0.2, -0.15) is 13.2 Å². The van der Waals surface area contributed by atoms with E-state index in [1.807, 2.05) is 0 Å². The fourth-order valence-corrected chi connectivity index (χ4v) is 5.89. The predicted molar refractivity (Wildman–Crippen MR) is 142 cm³/mol. The van der Waals surface area contributed by atoms with Crippen molar-refractivity contribution in [2.75, 3.05) is 24.1 Å². The fourth-order valence-electron chi connectivity index (χ4n) is 4.40. The van der Waals surface area contributed by atoms with Gasteiger partial charge in [-0.1, -0.05) is 18.2 Å². The highest BCUT2D eigenvalue weighted by Crippen LogP contribution is 2.38. The molecule has 3 aromatic rings. The number of fused-ring (bicyclic) bond motifs is 1. The fraction of sp³-hybridized carbons (Fsp3) is 0.321. The lowest BCUT2D eigenvalue weighted by molar-refractivity contribution is -0.154. The van der Waals surface area contributed by atoms with E-state index in [4.69, 9.17) is 4.74 Å². The third kappa shape index (κ3) is 5.67. The molecule has 2 aromatic carbocycles. The van der Waals surface area contributed by atoms with Crippen molar-refractivity contribution in [3.63, 3.8) is 0 Å². The summed E-state index contributed by atoms with van der Waals surface area (Å²) in [7, 11) is -4.60. The van der Waals surface area contributed by atoms with Crippen LogP contribution in [0, 0.1) is 12.3 Å². The normalized spacial score (nSPS) is 14.2. The van der Waals surface area contributed by atoms with E-state index in [1.165, 1.54) is 17.0 Å². The van der Waals surface area contributed by atoms with E-state index in [0.717, 1.165) is 22.5 Å². The van der Waals surface area contributed by atoms with Crippen LogP contribution in [0.1, 0.15) is 42.4 Å². The molecule has 0 N–H and O–H groups in total. The third-order valence-electron chi connectivity index (χ3n) is 6.43. The minimum absolute atomic E-state index is 0.00610. The number of amides is 1. The quantitative estimate of drug-likeness (QED) is 0.356. The van der Waals surface area contributed by atoms with Gasteiger partial charge in [-0.15, -0.1) is 0 Å². The maximum Gasteiger partial charge on any atom is 0.416 e. The SMILES string of the molecule is CCOC(=O)C(C)(C)CN1CN(S(=O)(=O)c2cccc(C(F)(F)F)c2)c2cc(-c3cccc(C)n3)ccc2C1=O. The van der Waals surface area contributed by atoms with E-state index in [2.05, 4.69) is 4.98 Å². The zero-order valence-electron chi connectivity index (χ0n) is 22.3. The molecule has 0 radical (unpaired) electrons. The number of sulfonamides is 1. The van der Waals surface area contributed by atoms with Crippen LogP contribution < -0.4 is 4.31 Å². The number of hydrogen-bond donors (Lipinski definition) is 0. The van der Waals surface area contributed by atoms with E-state index < -0.39 is 50.6 Å². The van der Waals surface area contributed by atoms with E-state index in [0.29, 0.717) is 23.0 Å². The molecule has 4 rings (SSSR count). The first-order valence-electron chi connectivity index (χ1n) is 12.4. The molecule has 40 heavy (non-hydrogen) atoms. The Hall–Kier alpha value is -3.93. The van der Waals surface area contributed by atoms with Crippen LogP contribution in [0.25, 0.3) is 11.3 Å². The molecule has 1 amide bonds. The standard InChI is InChI=1S/C28H28F3N3O5S/c1-5-39-26(36)27(3,4)16-33-17-34(40(37,38)21-10-7-9-20(15-21)28(29,30)31)24-14-19(12-13-22(24)25(33)35)23-11-6-8-18(2)32-23/h6-15H,5,16-17H2,1-4H3. The highest BCUT2D eigenvalue weighted by atomic mass is 32.2. The number of anilines is 1. The van der Waals surface area contributed by atoms with Gasteiger partial charge < -0.3 is 9.64 Å². The average molecular weight is 576 g/mol. The number of ether oxygens (including phenoxy) is 1. The molecule has 0 bridgehead atoms. The van der Waals surface area contributed by atoms with Crippen LogP contribution in [0.2, 0.25) is 0 Å². The molecule has 0 unspecified atom stereocenters. The number of halogens is 3. The monoisotopic (exact) mass is 575 g/mol. The van der Waals surface area contributed by atoms with Gasteiger partial charge in [-0.05, 0) is 70.2 Å². The van der Waals surface area contributed by atoms with E-state index in [1.54, 1.807) is 52.0 Å². The lowest BCUT2D eigenvalue weighted by atomic mass is 9.92. The second kappa shape index (κ2) is 10.6. The molecule has 1 aliphatic heterocycles. The average Bonchev–Trinajstić information content (AvgIpc) is 2.89. The number of aryl methyl sites for hydroxylation is 1. The van der Waals surface area contributed by atoms with Crippen LogP contribution in [-0.4, -0.2) is 50.0 Å². The van der Waals surface area contributed by atoms with Crippen LogP contribution in [0.4, 0.5) is 18.9 Å². The number of hydrogen-bond acceptors (Lipinski definition) is 6. The second-order valence-corrected chi connectivity index (χ2v) is 11.9. The first kappa shape index (κ1) is 29.1. The number of alkyl halides is 3. The first-order valence-corrected chi connectivity index (χ1v) is 13.8. The van der Waals surface area contributed by atoms with Gasteiger partial charge in [0.15, 0.2) is 0 Å². The minimum atomic E-state index is -4.76. The van der Waals surface area contributed by atoms with Gasteiger partial charge in [0.25, 0.3) is 15.9 Å². The van der Waals surface area contributed by atoms with Crippen LogP contribution >= 0.6 is 0 Å². The molecule has 8 nitrogen and oxygen atoms in total. The Labute approximate surface area is 230 Å². The Bertz CT molecular complexity index is 1570. The van der Waals surface area contributed by atoms with Crippen molar-refractivity contribution < 1.29 is 35.9 Å². The number of esters is 1. The zero-order valence-corrected chi connectivity index (χ0v) is 23.1. The van der Waals surface area contributed by atoms with Gasteiger partial charge in [0.2, 0.25) is 0 Å². The van der Waals surface area contributed by atoms with Gasteiger partial charge in [-0.25, -0.2) is 12.7 Å². The highest BCUT2D eigenvalue weighted by molar-refractivity contribution is 7.92. The molecule has 0 fully saturated rings. The molecule has 212 valence electrons. The summed E-state index contributed by atoms with van der Waals surface area (Å²) in [5.74, 6) is -1.12. The van der Waals surface area contributed by atoms with Crippen molar-refractivity contribution >= 4 is 27.6 Å². The maximum atomic E-state index is 13.9. The van der Waals surface area contributed by atoms with Crippen molar-refractivity contribution in [1.29, 1.82) is 0 Å². The van der Waals surface area contributed by atoms with E-state index in [9.17, 15) is 31.2 Å². The molecule has 0 saturated heterocycles. The molecule has 2 heterocycles. The maximum absolute atomic E-state index is 13.9. The molecule has 12 heteroatoms. The van der Waals surface area contributed by atoms with Crippen LogP contribution in [0.5, 0.6) is 0 Å². The summed E-state index contributed by atoms with van der Waals surface area (Å²) in [6.07, 6.45) is -4.76. The first-order chi connectivity index (χ1) is 18.6. The van der Waals surface area contributed by atoms with Crippen molar-refractivity contribution in [1.82, 2.24) is 9.88 Å². The van der Waals surface area contributed by atoms with Gasteiger partial charge in [0.1, 0.15) is 6.67 Å². The summed E-state index contributed by atoms with van der Waals surface area (Å²) in [5.41, 5.74) is -0.559. The summed E-state index contributed by atoms with van der Waals surface area (Å²) in [5, 5.41) is 0. The Kier molecular flexibility index (Phi) is 7.68. The number of nitrogens with zero attached hydrogens (tertiary/aromatic N) is 3. The molecule has 0 saturated carbocycles. The van der Waals surface area contributed by atoms with Gasteiger partial charge in [-0.3, -0.25) is 14.6 Å². The molecule has 0 atom stereocenters. The second-order valence-electron chi connectivity index (χ2n) is 10.0. The van der Waals surface area contributed by atoms with Crippen LogP contribution in [0.15, 0.2) is 65.6 Å². The van der Waals surface area contributed by atoms with Crippen LogP contribution in [0.3, 0.4) is 0 Å². The smallest absolute Gasteiger partial charge is 0.416 e. The Balaban J connectivity index is 1.86. The van der Waals surface area contributed by atoms with Gasteiger partial charge in [0.05, 0.1) is 39.4 Å². The molecule has 1 aliphatic rings. The number of pyridine rings is 1. The predicted octanol–water partition coefficient (Wildman–Crippen LogP) is 5.27. The van der Waals surface area contributed by atoms with Crippen molar-refractivity contribution in [2.45, 2.75) is 38.8 Å². The lowest BCUT2D eigenvalue weighted by Gasteiger charge is -2.40. The Morgan fingerprint density at radius 2 is 1.75 bits per heavy atom. The van der Waals surface area contributed by atoms with Gasteiger partial charge in [0, 0.05) is 17.8 Å². The Morgan fingerprint density at radius 3 is 2.40 bits per heavy atom. The molecule has 1 aromatic heterocycles. The largest absolute Gasteiger partial charge is 0.466 e. The zero-order chi connectivity index (χ0) is 29.5. The number of rotatable bonds is 7. The number of aromatic nitrogens is 1. The van der Waals surface area contributed by atoms with E-state index >= 15 is 0 Å². The van der Waals surface area contributed by atoms with Gasteiger partial charge >= 0.3 is 12.1 Å².